The number of anilines is 1. The summed E-state index contributed by atoms with van der Waals surface area (Å²) in [6.07, 6.45) is 3.58. The molecule has 0 aliphatic carbocycles. The van der Waals surface area contributed by atoms with Crippen molar-refractivity contribution in [2.75, 3.05) is 5.32 Å². The molecule has 0 spiro atoms. The lowest BCUT2D eigenvalue weighted by molar-refractivity contribution is 0.0636. The number of rotatable bonds is 2. The molecule has 90 valence electrons. The SMILES string of the molecule is CC(C)(C)OC(=O)Nc1ccncc1N=C=O. The molecule has 0 bridgehead atoms. The second kappa shape index (κ2) is 5.23. The number of hydrogen-bond donors (Lipinski definition) is 1. The maximum absolute atomic E-state index is 11.5. The van der Waals surface area contributed by atoms with Crippen LogP contribution in [0.5, 0.6) is 0 Å². The zero-order chi connectivity index (χ0) is 12.9. The molecule has 1 aromatic rings. The van der Waals surface area contributed by atoms with Gasteiger partial charge in [-0.05, 0) is 26.8 Å². The third-order valence-corrected chi connectivity index (χ3v) is 1.60. The van der Waals surface area contributed by atoms with Crippen molar-refractivity contribution >= 4 is 23.5 Å². The van der Waals surface area contributed by atoms with Crippen LogP contribution in [-0.4, -0.2) is 22.8 Å². The summed E-state index contributed by atoms with van der Waals surface area (Å²) < 4.78 is 5.06. The van der Waals surface area contributed by atoms with Crippen LogP contribution < -0.4 is 5.32 Å². The number of nitrogens with zero attached hydrogens (tertiary/aromatic N) is 2. The number of pyridine rings is 1. The molecular formula is C11H13N3O3. The highest BCUT2D eigenvalue weighted by molar-refractivity contribution is 5.88. The molecule has 1 N–H and O–H groups in total. The molecule has 0 aromatic carbocycles. The van der Waals surface area contributed by atoms with E-state index in [0.29, 0.717) is 5.69 Å². The van der Waals surface area contributed by atoms with Crippen LogP contribution in [0.3, 0.4) is 0 Å². The molecule has 0 fully saturated rings. The Hall–Kier alpha value is -2.20. The molecule has 1 aromatic heterocycles. The molecule has 0 unspecified atom stereocenters. The van der Waals surface area contributed by atoms with Crippen LogP contribution in [0.15, 0.2) is 23.5 Å². The van der Waals surface area contributed by atoms with Crippen LogP contribution in [0.2, 0.25) is 0 Å². The van der Waals surface area contributed by atoms with Crippen molar-refractivity contribution < 1.29 is 14.3 Å². The number of isocyanates is 1. The molecule has 0 aliphatic heterocycles. The summed E-state index contributed by atoms with van der Waals surface area (Å²) in [5.74, 6) is 0. The first-order chi connectivity index (χ1) is 7.92. The minimum atomic E-state index is -0.619. The van der Waals surface area contributed by atoms with Gasteiger partial charge in [-0.25, -0.2) is 9.59 Å². The van der Waals surface area contributed by atoms with Crippen molar-refractivity contribution in [1.29, 1.82) is 0 Å². The Kier molecular flexibility index (Phi) is 3.96. The van der Waals surface area contributed by atoms with E-state index in [9.17, 15) is 9.59 Å². The van der Waals surface area contributed by atoms with Crippen LogP contribution >= 0.6 is 0 Å². The summed E-state index contributed by atoms with van der Waals surface area (Å²) in [7, 11) is 0. The molecule has 0 atom stereocenters. The smallest absolute Gasteiger partial charge is 0.412 e. The molecule has 0 radical (unpaired) electrons. The minimum absolute atomic E-state index is 0.230. The number of amides is 1. The van der Waals surface area contributed by atoms with Gasteiger partial charge in [-0.1, -0.05) is 0 Å². The number of carbonyl (C=O) groups is 1. The molecular weight excluding hydrogens is 222 g/mol. The zero-order valence-electron chi connectivity index (χ0n) is 9.85. The van der Waals surface area contributed by atoms with E-state index in [-0.39, 0.29) is 5.69 Å². The monoisotopic (exact) mass is 235 g/mol. The van der Waals surface area contributed by atoms with E-state index in [1.807, 2.05) is 0 Å². The number of aromatic nitrogens is 1. The Morgan fingerprint density at radius 1 is 1.53 bits per heavy atom. The third-order valence-electron chi connectivity index (χ3n) is 1.60. The minimum Gasteiger partial charge on any atom is -0.444 e. The van der Waals surface area contributed by atoms with Crippen molar-refractivity contribution in [3.63, 3.8) is 0 Å². The van der Waals surface area contributed by atoms with Crippen molar-refractivity contribution in [3.8, 4) is 0 Å². The lowest BCUT2D eigenvalue weighted by atomic mass is 10.2. The fourth-order valence-corrected chi connectivity index (χ4v) is 1.04. The average molecular weight is 235 g/mol. The van der Waals surface area contributed by atoms with Crippen molar-refractivity contribution in [3.05, 3.63) is 18.5 Å². The lowest BCUT2D eigenvalue weighted by Crippen LogP contribution is -2.27. The van der Waals surface area contributed by atoms with Gasteiger partial charge in [0.15, 0.2) is 0 Å². The van der Waals surface area contributed by atoms with Crippen LogP contribution in [0.4, 0.5) is 16.2 Å². The summed E-state index contributed by atoms with van der Waals surface area (Å²) in [5.41, 5.74) is -0.0171. The van der Waals surface area contributed by atoms with Gasteiger partial charge in [0.05, 0.1) is 11.9 Å². The summed E-state index contributed by atoms with van der Waals surface area (Å²) >= 11 is 0. The molecule has 1 heterocycles. The Bertz CT molecular complexity index is 459. The Morgan fingerprint density at radius 2 is 2.24 bits per heavy atom. The Morgan fingerprint density at radius 3 is 2.82 bits per heavy atom. The number of nitrogens with one attached hydrogen (secondary N) is 1. The summed E-state index contributed by atoms with van der Waals surface area (Å²) in [6, 6.07) is 1.51. The fourth-order valence-electron chi connectivity index (χ4n) is 1.04. The standard InChI is InChI=1S/C11H13N3O3/c1-11(2,3)17-10(16)14-8-4-5-12-6-9(8)13-7-15/h4-6H,1-3H3,(H,12,14,16). The van der Waals surface area contributed by atoms with Crippen molar-refractivity contribution in [2.45, 2.75) is 26.4 Å². The molecule has 1 rings (SSSR count). The molecule has 6 nitrogen and oxygen atoms in total. The van der Waals surface area contributed by atoms with E-state index in [4.69, 9.17) is 4.74 Å². The van der Waals surface area contributed by atoms with E-state index in [2.05, 4.69) is 15.3 Å². The number of ether oxygens (including phenoxy) is 1. The number of carbonyl (C=O) groups excluding carboxylic acids is 2. The van der Waals surface area contributed by atoms with E-state index in [1.54, 1.807) is 20.8 Å². The molecule has 0 aliphatic rings. The van der Waals surface area contributed by atoms with Gasteiger partial charge in [-0.2, -0.15) is 4.99 Å². The zero-order valence-corrected chi connectivity index (χ0v) is 9.85. The van der Waals surface area contributed by atoms with Gasteiger partial charge in [0.1, 0.15) is 11.3 Å². The number of aliphatic imine (C=N–C) groups is 1. The van der Waals surface area contributed by atoms with Gasteiger partial charge < -0.3 is 4.74 Å². The molecule has 17 heavy (non-hydrogen) atoms. The quantitative estimate of drug-likeness (QED) is 0.630. The van der Waals surface area contributed by atoms with E-state index in [0.717, 1.165) is 0 Å². The first kappa shape index (κ1) is 12.9. The largest absolute Gasteiger partial charge is 0.444 e. The normalized spacial score (nSPS) is 10.3. The first-order valence-electron chi connectivity index (χ1n) is 4.94. The second-order valence-electron chi connectivity index (χ2n) is 4.22. The Balaban J connectivity index is 2.81. The van der Waals surface area contributed by atoms with Gasteiger partial charge in [-0.3, -0.25) is 10.3 Å². The van der Waals surface area contributed by atoms with Crippen LogP contribution in [0.1, 0.15) is 20.8 Å². The second-order valence-corrected chi connectivity index (χ2v) is 4.22. The van der Waals surface area contributed by atoms with Crippen molar-refractivity contribution in [2.24, 2.45) is 4.99 Å². The van der Waals surface area contributed by atoms with Gasteiger partial charge in [0.2, 0.25) is 6.08 Å². The van der Waals surface area contributed by atoms with E-state index >= 15 is 0 Å². The fraction of sp³-hybridized carbons (Fsp3) is 0.364. The van der Waals surface area contributed by atoms with Gasteiger partial charge in [0, 0.05) is 6.20 Å². The van der Waals surface area contributed by atoms with Crippen LogP contribution in [0.25, 0.3) is 0 Å². The maximum atomic E-state index is 11.5. The Labute approximate surface area is 98.7 Å². The molecule has 0 saturated carbocycles. The lowest BCUT2D eigenvalue weighted by Gasteiger charge is -2.19. The first-order valence-corrected chi connectivity index (χ1v) is 4.94. The predicted octanol–water partition coefficient (Wildman–Crippen LogP) is 2.40. The molecule has 0 saturated heterocycles. The number of hydrogen-bond acceptors (Lipinski definition) is 5. The third kappa shape index (κ3) is 4.44. The highest BCUT2D eigenvalue weighted by Gasteiger charge is 2.17. The van der Waals surface area contributed by atoms with Gasteiger partial charge in [0.25, 0.3) is 0 Å². The molecule has 1 amide bonds. The molecule has 6 heteroatoms. The maximum Gasteiger partial charge on any atom is 0.412 e. The van der Waals surface area contributed by atoms with Crippen LogP contribution in [0, 0.1) is 0 Å². The summed E-state index contributed by atoms with van der Waals surface area (Å²) in [6.45, 7) is 5.26. The highest BCUT2D eigenvalue weighted by Crippen LogP contribution is 2.22. The van der Waals surface area contributed by atoms with E-state index in [1.165, 1.54) is 24.5 Å². The summed E-state index contributed by atoms with van der Waals surface area (Å²) in [5, 5.41) is 2.48. The highest BCUT2D eigenvalue weighted by atomic mass is 16.6. The summed E-state index contributed by atoms with van der Waals surface area (Å²) in [4.78, 5) is 28.9. The van der Waals surface area contributed by atoms with Crippen LogP contribution in [-0.2, 0) is 9.53 Å². The van der Waals surface area contributed by atoms with Gasteiger partial charge >= 0.3 is 6.09 Å². The predicted molar refractivity (Wildman–Crippen MR) is 61.9 cm³/mol. The van der Waals surface area contributed by atoms with Gasteiger partial charge in [-0.15, -0.1) is 0 Å². The topological polar surface area (TPSA) is 80.7 Å². The van der Waals surface area contributed by atoms with E-state index < -0.39 is 11.7 Å². The average Bonchev–Trinajstić information content (AvgIpc) is 2.18. The van der Waals surface area contributed by atoms with Crippen molar-refractivity contribution in [1.82, 2.24) is 4.98 Å².